The minimum atomic E-state index is -4.40. The van der Waals surface area contributed by atoms with Gasteiger partial charge in [0.15, 0.2) is 6.61 Å². The first kappa shape index (κ1) is 20.2. The van der Waals surface area contributed by atoms with Crippen LogP contribution in [0.2, 0.25) is 0 Å². The lowest BCUT2D eigenvalue weighted by Gasteiger charge is -2.10. The van der Waals surface area contributed by atoms with Crippen molar-refractivity contribution in [2.45, 2.75) is 12.8 Å². The van der Waals surface area contributed by atoms with Crippen LogP contribution in [-0.4, -0.2) is 28.2 Å². The Morgan fingerprint density at radius 3 is 2.24 bits per heavy atom. The lowest BCUT2D eigenvalue weighted by molar-refractivity contribution is -0.153. The number of nitrogens with zero attached hydrogens (tertiary/aromatic N) is 2. The van der Waals surface area contributed by atoms with Gasteiger partial charge in [-0.15, -0.1) is 0 Å². The van der Waals surface area contributed by atoms with Gasteiger partial charge in [-0.2, -0.15) is 13.2 Å². The molecule has 0 unspecified atom stereocenters. The number of nitrogens with one attached hydrogen (secondary N) is 1. The summed E-state index contributed by atoms with van der Waals surface area (Å²) in [4.78, 5) is 16.5. The minimum Gasteiger partial charge on any atom is -0.486 e. The van der Waals surface area contributed by atoms with Gasteiger partial charge in [-0.05, 0) is 48.5 Å². The summed E-state index contributed by atoms with van der Waals surface area (Å²) >= 11 is 0. The molecule has 0 spiro atoms. The summed E-state index contributed by atoms with van der Waals surface area (Å²) in [6, 6.07) is 12.2. The van der Waals surface area contributed by atoms with E-state index in [4.69, 9.17) is 4.74 Å². The van der Waals surface area contributed by atoms with Gasteiger partial charge in [0.25, 0.3) is 5.91 Å². The molecular formula is C20H18F3N3O3. The van der Waals surface area contributed by atoms with Crippen LogP contribution in [0.15, 0.2) is 60.9 Å². The lowest BCUT2D eigenvalue weighted by atomic mass is 10.2. The number of imidazole rings is 1. The molecule has 3 aromatic rings. The molecule has 0 atom stereocenters. The van der Waals surface area contributed by atoms with Crippen molar-refractivity contribution < 1.29 is 27.4 Å². The zero-order valence-corrected chi connectivity index (χ0v) is 15.4. The first-order chi connectivity index (χ1) is 13.8. The third-order valence-corrected chi connectivity index (χ3v) is 3.92. The van der Waals surface area contributed by atoms with Gasteiger partial charge in [-0.3, -0.25) is 4.79 Å². The predicted octanol–water partition coefficient (Wildman–Crippen LogP) is 4.19. The van der Waals surface area contributed by atoms with E-state index in [0.29, 0.717) is 23.6 Å². The smallest absolute Gasteiger partial charge is 0.422 e. The summed E-state index contributed by atoms with van der Waals surface area (Å²) in [7, 11) is 1.87. The molecule has 0 aliphatic heterocycles. The van der Waals surface area contributed by atoms with Crippen LogP contribution >= 0.6 is 0 Å². The third-order valence-electron chi connectivity index (χ3n) is 3.92. The molecule has 9 heteroatoms. The van der Waals surface area contributed by atoms with Crippen molar-refractivity contribution in [2.24, 2.45) is 7.05 Å². The Morgan fingerprint density at radius 1 is 1.03 bits per heavy atom. The highest BCUT2D eigenvalue weighted by atomic mass is 19.4. The maximum absolute atomic E-state index is 12.3. The van der Waals surface area contributed by atoms with Crippen molar-refractivity contribution in [1.29, 1.82) is 0 Å². The molecule has 0 fully saturated rings. The number of aromatic nitrogens is 2. The molecule has 1 amide bonds. The number of carbonyl (C=O) groups is 1. The molecule has 6 nitrogen and oxygen atoms in total. The number of amides is 1. The standard InChI is InChI=1S/C20H18F3N3O3/c1-26-11-10-24-18(26)12-28-16-6-2-14(3-7-16)19(27)25-15-4-8-17(9-5-15)29-13-20(21,22)23/h2-11H,12-13H2,1H3,(H,25,27). The molecule has 152 valence electrons. The first-order valence-corrected chi connectivity index (χ1v) is 8.60. The number of hydrogen-bond acceptors (Lipinski definition) is 4. The zero-order valence-electron chi connectivity index (χ0n) is 15.4. The number of ether oxygens (including phenoxy) is 2. The Bertz CT molecular complexity index is 952. The fraction of sp³-hybridized carbons (Fsp3) is 0.200. The van der Waals surface area contributed by atoms with Gasteiger partial charge < -0.3 is 19.4 Å². The number of halogens is 3. The van der Waals surface area contributed by atoms with E-state index in [1.54, 1.807) is 30.5 Å². The maximum atomic E-state index is 12.3. The highest BCUT2D eigenvalue weighted by Crippen LogP contribution is 2.21. The van der Waals surface area contributed by atoms with Crippen molar-refractivity contribution in [2.75, 3.05) is 11.9 Å². The summed E-state index contributed by atoms with van der Waals surface area (Å²) in [5.41, 5.74) is 0.844. The van der Waals surface area contributed by atoms with Gasteiger partial charge in [0.2, 0.25) is 0 Å². The summed E-state index contributed by atoms with van der Waals surface area (Å²) in [6.45, 7) is -1.06. The number of aryl methyl sites for hydroxylation is 1. The van der Waals surface area contributed by atoms with E-state index in [-0.39, 0.29) is 11.7 Å². The minimum absolute atomic E-state index is 0.0644. The molecular weight excluding hydrogens is 387 g/mol. The first-order valence-electron chi connectivity index (χ1n) is 8.60. The van der Waals surface area contributed by atoms with E-state index >= 15 is 0 Å². The molecule has 0 radical (unpaired) electrons. The van der Waals surface area contributed by atoms with Gasteiger partial charge in [-0.25, -0.2) is 4.98 Å². The van der Waals surface area contributed by atoms with Crippen LogP contribution in [0.3, 0.4) is 0 Å². The van der Waals surface area contributed by atoms with Crippen LogP contribution in [0.1, 0.15) is 16.2 Å². The molecule has 1 N–H and O–H groups in total. The van der Waals surface area contributed by atoms with E-state index in [9.17, 15) is 18.0 Å². The highest BCUT2D eigenvalue weighted by Gasteiger charge is 2.28. The van der Waals surface area contributed by atoms with Crippen molar-refractivity contribution >= 4 is 11.6 Å². The zero-order chi connectivity index (χ0) is 20.9. The topological polar surface area (TPSA) is 65.4 Å². The second-order valence-corrected chi connectivity index (χ2v) is 6.15. The van der Waals surface area contributed by atoms with Crippen molar-refractivity contribution in [3.8, 4) is 11.5 Å². The quantitative estimate of drug-likeness (QED) is 0.640. The number of anilines is 1. The highest BCUT2D eigenvalue weighted by molar-refractivity contribution is 6.04. The molecule has 0 aliphatic carbocycles. The Labute approximate surface area is 164 Å². The molecule has 29 heavy (non-hydrogen) atoms. The number of hydrogen-bond donors (Lipinski definition) is 1. The second-order valence-electron chi connectivity index (χ2n) is 6.15. The summed E-state index contributed by atoms with van der Waals surface area (Å²) in [5, 5.41) is 2.67. The Kier molecular flexibility index (Phi) is 6.06. The lowest BCUT2D eigenvalue weighted by Crippen LogP contribution is -2.19. The molecule has 2 aromatic carbocycles. The maximum Gasteiger partial charge on any atom is 0.422 e. The van der Waals surface area contributed by atoms with Crippen LogP contribution in [0.5, 0.6) is 11.5 Å². The number of benzene rings is 2. The molecule has 0 saturated heterocycles. The number of alkyl halides is 3. The van der Waals surface area contributed by atoms with Crippen LogP contribution in [-0.2, 0) is 13.7 Å². The van der Waals surface area contributed by atoms with Gasteiger partial charge in [0.1, 0.15) is 23.9 Å². The molecule has 1 heterocycles. The van der Waals surface area contributed by atoms with Crippen LogP contribution in [0.25, 0.3) is 0 Å². The van der Waals surface area contributed by atoms with Crippen LogP contribution in [0.4, 0.5) is 18.9 Å². The van der Waals surface area contributed by atoms with Crippen molar-refractivity contribution in [3.05, 3.63) is 72.3 Å². The Morgan fingerprint density at radius 2 is 1.66 bits per heavy atom. The monoisotopic (exact) mass is 405 g/mol. The van der Waals surface area contributed by atoms with Crippen LogP contribution in [0, 0.1) is 0 Å². The summed E-state index contributed by atoms with van der Waals surface area (Å²) < 4.78 is 48.6. The summed E-state index contributed by atoms with van der Waals surface area (Å²) in [6.07, 6.45) is -0.900. The number of rotatable bonds is 7. The largest absolute Gasteiger partial charge is 0.486 e. The van der Waals surface area contributed by atoms with Gasteiger partial charge in [0.05, 0.1) is 0 Å². The molecule has 0 aliphatic rings. The van der Waals surface area contributed by atoms with E-state index in [0.717, 1.165) is 5.82 Å². The van der Waals surface area contributed by atoms with Gasteiger partial charge in [-0.1, -0.05) is 0 Å². The molecule has 0 bridgehead atoms. The molecule has 3 rings (SSSR count). The molecule has 1 aromatic heterocycles. The van der Waals surface area contributed by atoms with E-state index in [1.807, 2.05) is 17.8 Å². The van der Waals surface area contributed by atoms with Crippen molar-refractivity contribution in [1.82, 2.24) is 9.55 Å². The van der Waals surface area contributed by atoms with Crippen LogP contribution < -0.4 is 14.8 Å². The normalized spacial score (nSPS) is 11.2. The molecule has 0 saturated carbocycles. The second kappa shape index (κ2) is 8.68. The van der Waals surface area contributed by atoms with E-state index in [2.05, 4.69) is 15.0 Å². The van der Waals surface area contributed by atoms with E-state index in [1.165, 1.54) is 24.3 Å². The predicted molar refractivity (Wildman–Crippen MR) is 99.9 cm³/mol. The SMILES string of the molecule is Cn1ccnc1COc1ccc(C(=O)Nc2ccc(OCC(F)(F)F)cc2)cc1. The fourth-order valence-electron chi connectivity index (χ4n) is 2.39. The van der Waals surface area contributed by atoms with Crippen molar-refractivity contribution in [3.63, 3.8) is 0 Å². The summed E-state index contributed by atoms with van der Waals surface area (Å²) in [5.74, 6) is 1.07. The average molecular weight is 405 g/mol. The average Bonchev–Trinajstić information content (AvgIpc) is 3.10. The number of carbonyl (C=O) groups excluding carboxylic acids is 1. The van der Waals surface area contributed by atoms with E-state index < -0.39 is 12.8 Å². The van der Waals surface area contributed by atoms with Gasteiger partial charge >= 0.3 is 6.18 Å². The fourth-order valence-corrected chi connectivity index (χ4v) is 2.39. The Hall–Kier alpha value is -3.49. The van der Waals surface area contributed by atoms with Gasteiger partial charge in [0, 0.05) is 30.7 Å². The Balaban J connectivity index is 1.53. The third kappa shape index (κ3) is 6.00.